The predicted octanol–water partition coefficient (Wildman–Crippen LogP) is 6.14. The van der Waals surface area contributed by atoms with Crippen molar-refractivity contribution in [3.05, 3.63) is 113 Å². The van der Waals surface area contributed by atoms with Gasteiger partial charge in [0, 0.05) is 16.9 Å². The fourth-order valence-corrected chi connectivity index (χ4v) is 4.15. The van der Waals surface area contributed by atoms with Gasteiger partial charge in [-0.05, 0) is 99.6 Å². The van der Waals surface area contributed by atoms with Gasteiger partial charge in [-0.25, -0.2) is 14.4 Å². The second-order valence-electron chi connectivity index (χ2n) is 9.56. The standard InChI is InChI=1S/C35H32N2O9/c1-4-43-33(40)23-9-7-22(8-10-23)30-20-19-28(46-30)21-29(31(38)36-26-15-11-24(12-16-26)34(41)44-5-2)32(39)37-27-17-13-25(14-18-27)35(42)45-6-3/h7-21H,4-6H2,1-3H3,(H,36,38)(H,37,39). The maximum absolute atomic E-state index is 13.4. The third-order valence-electron chi connectivity index (χ3n) is 6.39. The lowest BCUT2D eigenvalue weighted by Crippen LogP contribution is -2.25. The Morgan fingerprint density at radius 1 is 0.565 bits per heavy atom. The Morgan fingerprint density at radius 2 is 0.957 bits per heavy atom. The van der Waals surface area contributed by atoms with Crippen LogP contribution in [0.1, 0.15) is 57.6 Å². The molecule has 4 rings (SSSR count). The summed E-state index contributed by atoms with van der Waals surface area (Å²) >= 11 is 0. The molecule has 0 aliphatic carbocycles. The minimum Gasteiger partial charge on any atom is -0.462 e. The largest absolute Gasteiger partial charge is 0.462 e. The number of hydrogen-bond acceptors (Lipinski definition) is 9. The normalized spacial score (nSPS) is 10.3. The summed E-state index contributed by atoms with van der Waals surface area (Å²) in [4.78, 5) is 62.8. The Morgan fingerprint density at radius 3 is 1.35 bits per heavy atom. The summed E-state index contributed by atoms with van der Waals surface area (Å²) < 4.78 is 20.9. The first-order valence-electron chi connectivity index (χ1n) is 14.5. The first-order chi connectivity index (χ1) is 22.2. The van der Waals surface area contributed by atoms with E-state index in [-0.39, 0.29) is 31.2 Å². The topological polar surface area (TPSA) is 150 Å². The Hall–Kier alpha value is -5.97. The van der Waals surface area contributed by atoms with Crippen molar-refractivity contribution in [1.29, 1.82) is 0 Å². The van der Waals surface area contributed by atoms with Crippen LogP contribution in [-0.2, 0) is 23.8 Å². The Labute approximate surface area is 265 Å². The molecule has 4 aromatic rings. The van der Waals surface area contributed by atoms with Crippen molar-refractivity contribution in [3.63, 3.8) is 0 Å². The Balaban J connectivity index is 1.59. The molecule has 0 saturated carbocycles. The lowest BCUT2D eigenvalue weighted by Gasteiger charge is -2.11. The molecule has 46 heavy (non-hydrogen) atoms. The average molecular weight is 625 g/mol. The van der Waals surface area contributed by atoms with E-state index in [1.165, 1.54) is 54.6 Å². The molecule has 236 valence electrons. The van der Waals surface area contributed by atoms with Gasteiger partial charge < -0.3 is 29.3 Å². The zero-order valence-corrected chi connectivity index (χ0v) is 25.5. The van der Waals surface area contributed by atoms with Crippen LogP contribution in [0.5, 0.6) is 0 Å². The number of nitrogens with one attached hydrogen (secondary N) is 2. The van der Waals surface area contributed by atoms with Gasteiger partial charge in [0.15, 0.2) is 0 Å². The molecule has 0 aliphatic heterocycles. The number of carbonyl (C=O) groups excluding carboxylic acids is 5. The second-order valence-corrected chi connectivity index (χ2v) is 9.56. The molecule has 0 aliphatic rings. The lowest BCUT2D eigenvalue weighted by atomic mass is 10.1. The van der Waals surface area contributed by atoms with Gasteiger partial charge in [-0.15, -0.1) is 0 Å². The van der Waals surface area contributed by atoms with E-state index < -0.39 is 29.7 Å². The predicted molar refractivity (Wildman–Crippen MR) is 170 cm³/mol. The molecule has 0 radical (unpaired) electrons. The number of anilines is 2. The van der Waals surface area contributed by atoms with Crippen LogP contribution in [0.15, 0.2) is 94.9 Å². The number of furan rings is 1. The summed E-state index contributed by atoms with van der Waals surface area (Å²) in [5.74, 6) is -2.30. The van der Waals surface area contributed by atoms with Gasteiger partial charge in [-0.3, -0.25) is 9.59 Å². The lowest BCUT2D eigenvalue weighted by molar-refractivity contribution is -0.118. The first kappa shape index (κ1) is 32.9. The zero-order valence-electron chi connectivity index (χ0n) is 25.5. The molecule has 1 aromatic heterocycles. The summed E-state index contributed by atoms with van der Waals surface area (Å²) in [5, 5.41) is 5.33. The van der Waals surface area contributed by atoms with Crippen molar-refractivity contribution >= 4 is 47.2 Å². The minimum atomic E-state index is -0.749. The highest BCUT2D eigenvalue weighted by Crippen LogP contribution is 2.25. The summed E-state index contributed by atoms with van der Waals surface area (Å²) in [6.45, 7) is 5.82. The van der Waals surface area contributed by atoms with E-state index in [9.17, 15) is 24.0 Å². The van der Waals surface area contributed by atoms with Crippen LogP contribution in [0.4, 0.5) is 11.4 Å². The van der Waals surface area contributed by atoms with E-state index in [2.05, 4.69) is 10.6 Å². The van der Waals surface area contributed by atoms with E-state index >= 15 is 0 Å². The van der Waals surface area contributed by atoms with Gasteiger partial charge in [0.2, 0.25) is 0 Å². The maximum atomic E-state index is 13.4. The van der Waals surface area contributed by atoms with E-state index in [1.807, 2.05) is 0 Å². The molecule has 1 heterocycles. The van der Waals surface area contributed by atoms with E-state index in [1.54, 1.807) is 57.2 Å². The number of rotatable bonds is 12. The molecule has 11 nitrogen and oxygen atoms in total. The van der Waals surface area contributed by atoms with Crippen molar-refractivity contribution < 1.29 is 42.6 Å². The third-order valence-corrected chi connectivity index (χ3v) is 6.39. The number of hydrogen-bond donors (Lipinski definition) is 2. The smallest absolute Gasteiger partial charge is 0.338 e. The molecule has 0 atom stereocenters. The zero-order chi connectivity index (χ0) is 33.1. The van der Waals surface area contributed by atoms with Gasteiger partial charge in [0.1, 0.15) is 17.1 Å². The van der Waals surface area contributed by atoms with E-state index in [0.717, 1.165) is 0 Å². The summed E-state index contributed by atoms with van der Waals surface area (Å²) in [7, 11) is 0. The van der Waals surface area contributed by atoms with Crippen LogP contribution >= 0.6 is 0 Å². The molecule has 0 unspecified atom stereocenters. The van der Waals surface area contributed by atoms with Gasteiger partial charge in [-0.2, -0.15) is 0 Å². The molecule has 3 aromatic carbocycles. The van der Waals surface area contributed by atoms with Crippen LogP contribution in [-0.4, -0.2) is 49.5 Å². The molecule has 2 N–H and O–H groups in total. The van der Waals surface area contributed by atoms with Gasteiger partial charge in [0.25, 0.3) is 11.8 Å². The Bertz CT molecular complexity index is 1660. The van der Waals surface area contributed by atoms with Crippen LogP contribution in [0.3, 0.4) is 0 Å². The molecule has 0 bridgehead atoms. The van der Waals surface area contributed by atoms with Crippen molar-refractivity contribution in [2.75, 3.05) is 30.5 Å². The minimum absolute atomic E-state index is 0.208. The second kappa shape index (κ2) is 15.7. The number of ether oxygens (including phenoxy) is 3. The molecular formula is C35H32N2O9. The molecule has 0 saturated heterocycles. The summed E-state index contributed by atoms with van der Waals surface area (Å²) in [6, 6.07) is 21.9. The van der Waals surface area contributed by atoms with Gasteiger partial charge in [0.05, 0.1) is 36.5 Å². The fraction of sp³-hybridized carbons (Fsp3) is 0.171. The van der Waals surface area contributed by atoms with Crippen LogP contribution in [0.2, 0.25) is 0 Å². The highest BCUT2D eigenvalue weighted by Gasteiger charge is 2.21. The SMILES string of the molecule is CCOC(=O)c1ccc(NC(=O)C(=Cc2ccc(-c3ccc(C(=O)OCC)cc3)o2)C(=O)Nc2ccc(C(=O)OCC)cc2)cc1. The number of amides is 2. The van der Waals surface area contributed by atoms with E-state index in [4.69, 9.17) is 18.6 Å². The molecule has 11 heteroatoms. The summed E-state index contributed by atoms with van der Waals surface area (Å²) in [5.41, 5.74) is 2.03. The first-order valence-corrected chi connectivity index (χ1v) is 14.5. The maximum Gasteiger partial charge on any atom is 0.338 e. The highest BCUT2D eigenvalue weighted by molar-refractivity contribution is 6.28. The van der Waals surface area contributed by atoms with Crippen LogP contribution < -0.4 is 10.6 Å². The van der Waals surface area contributed by atoms with Gasteiger partial charge in [-0.1, -0.05) is 12.1 Å². The van der Waals surface area contributed by atoms with E-state index in [0.29, 0.717) is 39.4 Å². The number of esters is 3. The number of carbonyl (C=O) groups is 5. The monoisotopic (exact) mass is 624 g/mol. The van der Waals surface area contributed by atoms with Crippen molar-refractivity contribution in [2.45, 2.75) is 20.8 Å². The molecule has 0 spiro atoms. The quantitative estimate of drug-likeness (QED) is 0.0623. The van der Waals surface area contributed by atoms with Crippen molar-refractivity contribution in [2.24, 2.45) is 0 Å². The van der Waals surface area contributed by atoms with Crippen molar-refractivity contribution in [1.82, 2.24) is 0 Å². The highest BCUT2D eigenvalue weighted by atomic mass is 16.5. The molecule has 2 amide bonds. The Kier molecular flexibility index (Phi) is 11.2. The average Bonchev–Trinajstić information content (AvgIpc) is 3.53. The third kappa shape index (κ3) is 8.56. The molecule has 0 fully saturated rings. The summed E-state index contributed by atoms with van der Waals surface area (Å²) in [6.07, 6.45) is 1.29. The fourth-order valence-electron chi connectivity index (χ4n) is 4.15. The van der Waals surface area contributed by atoms with Crippen LogP contribution in [0, 0.1) is 0 Å². The van der Waals surface area contributed by atoms with Crippen molar-refractivity contribution in [3.8, 4) is 11.3 Å². The molecular weight excluding hydrogens is 592 g/mol. The number of benzene rings is 3. The van der Waals surface area contributed by atoms with Crippen LogP contribution in [0.25, 0.3) is 17.4 Å². The van der Waals surface area contributed by atoms with Gasteiger partial charge >= 0.3 is 17.9 Å².